The molecule has 0 aliphatic rings. The van der Waals surface area contributed by atoms with Crippen molar-refractivity contribution in [3.05, 3.63) is 176 Å². The van der Waals surface area contributed by atoms with E-state index in [-0.39, 0.29) is 0 Å². The van der Waals surface area contributed by atoms with E-state index in [1.165, 1.54) is 48.8 Å². The van der Waals surface area contributed by atoms with Gasteiger partial charge in [0, 0.05) is 16.7 Å². The molecule has 10 aromatic rings. The first-order valence-corrected chi connectivity index (χ1v) is 16.9. The van der Waals surface area contributed by atoms with E-state index in [9.17, 15) is 0 Å². The Balaban J connectivity index is 1.13. The second-order valence-corrected chi connectivity index (χ2v) is 13.0. The molecule has 1 heterocycles. The molecule has 1 aromatic heterocycles. The Labute approximate surface area is 289 Å². The second kappa shape index (κ2) is 11.5. The molecule has 0 radical (unpaired) electrons. The fraction of sp³-hybridized carbons (Fsp3) is 0. The molecule has 0 spiro atoms. The third-order valence-corrected chi connectivity index (χ3v) is 9.79. The van der Waals surface area contributed by atoms with Crippen molar-refractivity contribution in [2.75, 3.05) is 0 Å². The lowest BCUT2D eigenvalue weighted by Crippen LogP contribution is -2.00. The normalized spacial score (nSPS) is 11.6. The van der Waals surface area contributed by atoms with Crippen LogP contribution in [0, 0.1) is 0 Å². The van der Waals surface area contributed by atoms with Crippen molar-refractivity contribution in [1.29, 1.82) is 0 Å². The lowest BCUT2D eigenvalue weighted by molar-refractivity contribution is 1.08. The molecule has 0 aliphatic carbocycles. The van der Waals surface area contributed by atoms with Gasteiger partial charge < -0.3 is 0 Å². The molecule has 0 bridgehead atoms. The molecule has 0 amide bonds. The monoisotopic (exact) mass is 635 g/mol. The fourth-order valence-corrected chi connectivity index (χ4v) is 7.11. The Morgan fingerprint density at radius 1 is 0.200 bits per heavy atom. The van der Waals surface area contributed by atoms with Gasteiger partial charge in [0.1, 0.15) is 0 Å². The van der Waals surface area contributed by atoms with Gasteiger partial charge >= 0.3 is 0 Å². The molecule has 10 rings (SSSR count). The van der Waals surface area contributed by atoms with Crippen LogP contribution in [0.3, 0.4) is 0 Å². The molecular formula is C47H29N3. The number of benzene rings is 9. The van der Waals surface area contributed by atoms with E-state index in [1.807, 2.05) is 0 Å². The summed E-state index contributed by atoms with van der Waals surface area (Å²) in [7, 11) is 0. The maximum Gasteiger partial charge on any atom is 0.164 e. The van der Waals surface area contributed by atoms with Gasteiger partial charge in [-0.2, -0.15) is 0 Å². The summed E-state index contributed by atoms with van der Waals surface area (Å²) in [6, 6.07) is 62.6. The summed E-state index contributed by atoms with van der Waals surface area (Å²) in [6.45, 7) is 0. The van der Waals surface area contributed by atoms with Crippen molar-refractivity contribution in [3.63, 3.8) is 0 Å². The average molecular weight is 636 g/mol. The van der Waals surface area contributed by atoms with Gasteiger partial charge in [-0.3, -0.25) is 0 Å². The summed E-state index contributed by atoms with van der Waals surface area (Å²) in [5, 5.41) is 11.9. The summed E-state index contributed by atoms with van der Waals surface area (Å²) >= 11 is 0. The Morgan fingerprint density at radius 3 is 0.940 bits per heavy atom. The van der Waals surface area contributed by atoms with Crippen molar-refractivity contribution >= 4 is 53.9 Å². The zero-order chi connectivity index (χ0) is 33.0. The van der Waals surface area contributed by atoms with Crippen LogP contribution in [0.15, 0.2) is 176 Å². The molecule has 0 fully saturated rings. The Kier molecular flexibility index (Phi) is 6.49. The van der Waals surface area contributed by atoms with Crippen molar-refractivity contribution in [2.45, 2.75) is 0 Å². The highest BCUT2D eigenvalue weighted by molar-refractivity contribution is 6.00. The van der Waals surface area contributed by atoms with Gasteiger partial charge in [0.15, 0.2) is 17.5 Å². The van der Waals surface area contributed by atoms with Gasteiger partial charge in [-0.1, -0.05) is 133 Å². The standard InChI is InChI=1S/C47H29N3/c1-3-9-33-23-37(17-13-30(33)7-1)38-18-14-32-16-21-41(28-43(32)27-38)46-48-45(40-20-15-31-8-2-4-10-34(31)25-40)49-47(50-46)42-22-19-39-24-35-11-5-6-12-36(35)26-44(39)29-42/h1-29H. The Morgan fingerprint density at radius 2 is 0.460 bits per heavy atom. The van der Waals surface area contributed by atoms with E-state index < -0.39 is 0 Å². The molecule has 0 saturated heterocycles. The molecule has 0 unspecified atom stereocenters. The van der Waals surface area contributed by atoms with Gasteiger partial charge in [-0.05, 0) is 107 Å². The number of hydrogen-bond donors (Lipinski definition) is 0. The molecule has 50 heavy (non-hydrogen) atoms. The van der Waals surface area contributed by atoms with Gasteiger partial charge in [-0.15, -0.1) is 0 Å². The van der Waals surface area contributed by atoms with Crippen LogP contribution in [0.25, 0.3) is 99.2 Å². The number of rotatable bonds is 4. The quantitative estimate of drug-likeness (QED) is 0.181. The minimum atomic E-state index is 0.648. The fourth-order valence-electron chi connectivity index (χ4n) is 7.11. The zero-order valence-electron chi connectivity index (χ0n) is 27.1. The smallest absolute Gasteiger partial charge is 0.164 e. The third-order valence-electron chi connectivity index (χ3n) is 9.79. The van der Waals surface area contributed by atoms with Crippen molar-refractivity contribution < 1.29 is 0 Å². The van der Waals surface area contributed by atoms with Gasteiger partial charge in [0.25, 0.3) is 0 Å². The SMILES string of the molecule is c1ccc2cc(-c3ccc4ccc(-c5nc(-c6ccc7ccccc7c6)nc(-c6ccc7cc8ccccc8cc7c6)n5)cc4c3)ccc2c1. The molecule has 0 N–H and O–H groups in total. The summed E-state index contributed by atoms with van der Waals surface area (Å²) < 4.78 is 0. The second-order valence-electron chi connectivity index (χ2n) is 13.0. The van der Waals surface area contributed by atoms with Crippen LogP contribution in [0.1, 0.15) is 0 Å². The Hall–Kier alpha value is -6.71. The molecule has 0 atom stereocenters. The summed E-state index contributed by atoms with van der Waals surface area (Å²) in [5.74, 6) is 1.95. The number of fused-ring (bicyclic) bond motifs is 5. The van der Waals surface area contributed by atoms with Gasteiger partial charge in [-0.25, -0.2) is 15.0 Å². The average Bonchev–Trinajstić information content (AvgIpc) is 3.18. The van der Waals surface area contributed by atoms with Crippen molar-refractivity contribution in [2.24, 2.45) is 0 Å². The van der Waals surface area contributed by atoms with E-state index in [0.29, 0.717) is 17.5 Å². The van der Waals surface area contributed by atoms with Crippen LogP contribution >= 0.6 is 0 Å². The summed E-state index contributed by atoms with van der Waals surface area (Å²) in [4.78, 5) is 15.3. The molecule has 9 aromatic carbocycles. The molecule has 3 heteroatoms. The first-order valence-electron chi connectivity index (χ1n) is 16.9. The molecular weight excluding hydrogens is 607 g/mol. The van der Waals surface area contributed by atoms with Gasteiger partial charge in [0.05, 0.1) is 0 Å². The van der Waals surface area contributed by atoms with E-state index in [1.54, 1.807) is 0 Å². The highest BCUT2D eigenvalue weighted by Crippen LogP contribution is 2.33. The Bertz CT molecular complexity index is 2940. The predicted molar refractivity (Wildman–Crippen MR) is 209 cm³/mol. The van der Waals surface area contributed by atoms with Crippen LogP contribution in [0.2, 0.25) is 0 Å². The lowest BCUT2D eigenvalue weighted by atomic mass is 9.97. The van der Waals surface area contributed by atoms with Crippen LogP contribution in [-0.2, 0) is 0 Å². The first kappa shape index (κ1) is 28.3. The van der Waals surface area contributed by atoms with E-state index in [2.05, 4.69) is 176 Å². The maximum atomic E-state index is 5.13. The van der Waals surface area contributed by atoms with Crippen molar-refractivity contribution in [3.8, 4) is 45.3 Å². The molecule has 3 nitrogen and oxygen atoms in total. The summed E-state index contributed by atoms with van der Waals surface area (Å²) in [6.07, 6.45) is 0. The van der Waals surface area contributed by atoms with Gasteiger partial charge in [0.2, 0.25) is 0 Å². The third kappa shape index (κ3) is 5.04. The van der Waals surface area contributed by atoms with Crippen LogP contribution < -0.4 is 0 Å². The topological polar surface area (TPSA) is 38.7 Å². The van der Waals surface area contributed by atoms with E-state index in [4.69, 9.17) is 15.0 Å². The highest BCUT2D eigenvalue weighted by Gasteiger charge is 2.14. The molecule has 232 valence electrons. The molecule has 0 aliphatic heterocycles. The predicted octanol–water partition coefficient (Wildman–Crippen LogP) is 12.3. The maximum absolute atomic E-state index is 5.13. The summed E-state index contributed by atoms with van der Waals surface area (Å²) in [5.41, 5.74) is 5.24. The minimum Gasteiger partial charge on any atom is -0.208 e. The van der Waals surface area contributed by atoms with Crippen LogP contribution in [-0.4, -0.2) is 15.0 Å². The number of hydrogen-bond acceptors (Lipinski definition) is 3. The van der Waals surface area contributed by atoms with Crippen LogP contribution in [0.4, 0.5) is 0 Å². The van der Waals surface area contributed by atoms with E-state index in [0.717, 1.165) is 32.8 Å². The van der Waals surface area contributed by atoms with Crippen molar-refractivity contribution in [1.82, 2.24) is 15.0 Å². The zero-order valence-corrected chi connectivity index (χ0v) is 27.1. The van der Waals surface area contributed by atoms with E-state index >= 15 is 0 Å². The number of aromatic nitrogens is 3. The number of nitrogens with zero attached hydrogens (tertiary/aromatic N) is 3. The molecule has 0 saturated carbocycles. The minimum absolute atomic E-state index is 0.648. The highest BCUT2D eigenvalue weighted by atomic mass is 15.0. The largest absolute Gasteiger partial charge is 0.208 e. The first-order chi connectivity index (χ1) is 24.7. The lowest BCUT2D eigenvalue weighted by Gasteiger charge is -2.11. The van der Waals surface area contributed by atoms with Crippen LogP contribution in [0.5, 0.6) is 0 Å².